The number of aromatic nitrogens is 4. The van der Waals surface area contributed by atoms with Crippen LogP contribution in [0.3, 0.4) is 0 Å². The Balaban J connectivity index is 2.33. The van der Waals surface area contributed by atoms with Gasteiger partial charge in [0.25, 0.3) is 0 Å². The molecular weight excluding hydrogens is 233 g/mol. The second kappa shape index (κ2) is 5.12. The normalized spacial score (nSPS) is 11.1. The SMILES string of the molecule is CC(C)CCn1nnnc1-c1cc(F)ccc1N. The standard InChI is InChI=1S/C12H16FN5/c1-8(2)5-6-18-12(15-16-17-18)10-7-9(13)3-4-11(10)14/h3-4,7-8H,5-6,14H2,1-2H3. The molecule has 0 radical (unpaired) electrons. The first-order chi connectivity index (χ1) is 8.58. The molecule has 0 amide bonds. The van der Waals surface area contributed by atoms with Gasteiger partial charge in [0.1, 0.15) is 5.82 Å². The predicted molar refractivity (Wildman–Crippen MR) is 67.1 cm³/mol. The van der Waals surface area contributed by atoms with E-state index in [1.54, 1.807) is 4.68 Å². The van der Waals surface area contributed by atoms with Crippen LogP contribution in [-0.2, 0) is 6.54 Å². The summed E-state index contributed by atoms with van der Waals surface area (Å²) >= 11 is 0. The van der Waals surface area contributed by atoms with Gasteiger partial charge in [0, 0.05) is 17.8 Å². The quantitative estimate of drug-likeness (QED) is 0.842. The third-order valence-corrected chi connectivity index (χ3v) is 2.71. The average Bonchev–Trinajstić information content (AvgIpc) is 2.77. The summed E-state index contributed by atoms with van der Waals surface area (Å²) in [5, 5.41) is 11.5. The van der Waals surface area contributed by atoms with E-state index in [2.05, 4.69) is 29.4 Å². The predicted octanol–water partition coefficient (Wildman–Crippen LogP) is 2.11. The molecule has 0 aliphatic carbocycles. The van der Waals surface area contributed by atoms with E-state index in [-0.39, 0.29) is 5.82 Å². The maximum atomic E-state index is 13.3. The topological polar surface area (TPSA) is 69.6 Å². The van der Waals surface area contributed by atoms with E-state index in [0.717, 1.165) is 6.42 Å². The minimum atomic E-state index is -0.349. The van der Waals surface area contributed by atoms with Gasteiger partial charge in [-0.3, -0.25) is 0 Å². The molecular formula is C12H16FN5. The number of hydrogen-bond acceptors (Lipinski definition) is 4. The van der Waals surface area contributed by atoms with E-state index in [9.17, 15) is 4.39 Å². The second-order valence-corrected chi connectivity index (χ2v) is 4.64. The minimum Gasteiger partial charge on any atom is -0.398 e. The maximum absolute atomic E-state index is 13.3. The van der Waals surface area contributed by atoms with Crippen LogP contribution in [0.15, 0.2) is 18.2 Å². The lowest BCUT2D eigenvalue weighted by molar-refractivity contribution is 0.481. The van der Waals surface area contributed by atoms with E-state index in [1.165, 1.54) is 18.2 Å². The van der Waals surface area contributed by atoms with E-state index in [1.807, 2.05) is 0 Å². The highest BCUT2D eigenvalue weighted by Crippen LogP contribution is 2.24. The lowest BCUT2D eigenvalue weighted by Crippen LogP contribution is -2.06. The number of hydrogen-bond donors (Lipinski definition) is 1. The van der Waals surface area contributed by atoms with Crippen molar-refractivity contribution in [3.05, 3.63) is 24.0 Å². The average molecular weight is 249 g/mol. The van der Waals surface area contributed by atoms with E-state index in [0.29, 0.717) is 29.5 Å². The number of nitrogens with two attached hydrogens (primary N) is 1. The molecule has 0 saturated carbocycles. The Labute approximate surface area is 105 Å². The fourth-order valence-corrected chi connectivity index (χ4v) is 1.65. The molecule has 2 rings (SSSR count). The van der Waals surface area contributed by atoms with Crippen LogP contribution in [0.25, 0.3) is 11.4 Å². The van der Waals surface area contributed by atoms with Crippen molar-refractivity contribution in [3.8, 4) is 11.4 Å². The summed E-state index contributed by atoms with van der Waals surface area (Å²) in [6.45, 7) is 4.94. The Morgan fingerprint density at radius 1 is 1.39 bits per heavy atom. The summed E-state index contributed by atoms with van der Waals surface area (Å²) < 4.78 is 14.9. The molecule has 96 valence electrons. The number of aryl methyl sites for hydroxylation is 1. The number of nitrogens with zero attached hydrogens (tertiary/aromatic N) is 4. The van der Waals surface area contributed by atoms with Gasteiger partial charge < -0.3 is 5.73 Å². The van der Waals surface area contributed by atoms with Crippen molar-refractivity contribution in [2.24, 2.45) is 5.92 Å². The zero-order valence-electron chi connectivity index (χ0n) is 10.5. The van der Waals surface area contributed by atoms with Crippen molar-refractivity contribution < 1.29 is 4.39 Å². The van der Waals surface area contributed by atoms with Crippen molar-refractivity contribution in [1.29, 1.82) is 0 Å². The van der Waals surface area contributed by atoms with Crippen molar-refractivity contribution in [3.63, 3.8) is 0 Å². The molecule has 0 bridgehead atoms. The Bertz CT molecular complexity index is 535. The van der Waals surface area contributed by atoms with Gasteiger partial charge in [-0.1, -0.05) is 13.8 Å². The zero-order valence-corrected chi connectivity index (χ0v) is 10.5. The summed E-state index contributed by atoms with van der Waals surface area (Å²) in [7, 11) is 0. The monoisotopic (exact) mass is 249 g/mol. The van der Waals surface area contributed by atoms with Gasteiger partial charge in [-0.05, 0) is 41.0 Å². The van der Waals surface area contributed by atoms with Gasteiger partial charge in [-0.15, -0.1) is 5.10 Å². The number of halogens is 1. The van der Waals surface area contributed by atoms with Crippen LogP contribution in [-0.4, -0.2) is 20.2 Å². The van der Waals surface area contributed by atoms with Crippen molar-refractivity contribution in [1.82, 2.24) is 20.2 Å². The Morgan fingerprint density at radius 2 is 2.17 bits per heavy atom. The molecule has 0 aliphatic rings. The summed E-state index contributed by atoms with van der Waals surface area (Å²) in [5.41, 5.74) is 6.83. The molecule has 1 aromatic heterocycles. The molecule has 5 nitrogen and oxygen atoms in total. The number of rotatable bonds is 4. The van der Waals surface area contributed by atoms with Crippen molar-refractivity contribution >= 4 is 5.69 Å². The largest absolute Gasteiger partial charge is 0.398 e. The maximum Gasteiger partial charge on any atom is 0.184 e. The van der Waals surface area contributed by atoms with Crippen LogP contribution < -0.4 is 5.73 Å². The zero-order chi connectivity index (χ0) is 13.1. The molecule has 0 atom stereocenters. The Kier molecular flexibility index (Phi) is 3.55. The van der Waals surface area contributed by atoms with Crippen molar-refractivity contribution in [2.75, 3.05) is 5.73 Å². The smallest absolute Gasteiger partial charge is 0.184 e. The van der Waals surface area contributed by atoms with Gasteiger partial charge in [-0.25, -0.2) is 9.07 Å². The molecule has 2 aromatic rings. The molecule has 6 heteroatoms. The van der Waals surface area contributed by atoms with E-state index in [4.69, 9.17) is 5.73 Å². The molecule has 0 aliphatic heterocycles. The highest BCUT2D eigenvalue weighted by atomic mass is 19.1. The summed E-state index contributed by atoms with van der Waals surface area (Å²) in [6, 6.07) is 4.19. The first-order valence-electron chi connectivity index (χ1n) is 5.89. The number of benzene rings is 1. The fraction of sp³-hybridized carbons (Fsp3) is 0.417. The van der Waals surface area contributed by atoms with Crippen LogP contribution in [0.1, 0.15) is 20.3 Å². The van der Waals surface area contributed by atoms with Gasteiger partial charge in [0.05, 0.1) is 0 Å². The molecule has 0 fully saturated rings. The molecule has 1 aromatic carbocycles. The second-order valence-electron chi connectivity index (χ2n) is 4.64. The third-order valence-electron chi connectivity index (χ3n) is 2.71. The summed E-state index contributed by atoms with van der Waals surface area (Å²) in [5.74, 6) is 0.706. The first-order valence-corrected chi connectivity index (χ1v) is 5.89. The highest BCUT2D eigenvalue weighted by molar-refractivity contribution is 5.71. The van der Waals surface area contributed by atoms with Gasteiger partial charge in [0.2, 0.25) is 0 Å². The first kappa shape index (κ1) is 12.5. The van der Waals surface area contributed by atoms with Crippen LogP contribution in [0.4, 0.5) is 10.1 Å². The lowest BCUT2D eigenvalue weighted by Gasteiger charge is -2.08. The van der Waals surface area contributed by atoms with Crippen molar-refractivity contribution in [2.45, 2.75) is 26.8 Å². The number of anilines is 1. The molecule has 0 spiro atoms. The third kappa shape index (κ3) is 2.64. The van der Waals surface area contributed by atoms with Gasteiger partial charge >= 0.3 is 0 Å². The highest BCUT2D eigenvalue weighted by Gasteiger charge is 2.13. The van der Waals surface area contributed by atoms with Crippen LogP contribution in [0.5, 0.6) is 0 Å². The molecule has 1 heterocycles. The van der Waals surface area contributed by atoms with Gasteiger partial charge in [0.15, 0.2) is 5.82 Å². The van der Waals surface area contributed by atoms with E-state index < -0.39 is 0 Å². The lowest BCUT2D eigenvalue weighted by atomic mass is 10.1. The molecule has 18 heavy (non-hydrogen) atoms. The summed E-state index contributed by atoms with van der Waals surface area (Å²) in [4.78, 5) is 0. The summed E-state index contributed by atoms with van der Waals surface area (Å²) in [6.07, 6.45) is 0.952. The minimum absolute atomic E-state index is 0.349. The van der Waals surface area contributed by atoms with Crippen LogP contribution in [0, 0.1) is 11.7 Å². The Morgan fingerprint density at radius 3 is 2.89 bits per heavy atom. The fourth-order valence-electron chi connectivity index (χ4n) is 1.65. The Hall–Kier alpha value is -1.98. The van der Waals surface area contributed by atoms with E-state index >= 15 is 0 Å². The molecule has 0 unspecified atom stereocenters. The van der Waals surface area contributed by atoms with Crippen LogP contribution in [0.2, 0.25) is 0 Å². The number of tetrazole rings is 1. The molecule has 2 N–H and O–H groups in total. The van der Waals surface area contributed by atoms with Crippen LogP contribution >= 0.6 is 0 Å². The number of nitrogen functional groups attached to an aromatic ring is 1. The molecule has 0 saturated heterocycles. The van der Waals surface area contributed by atoms with Gasteiger partial charge in [-0.2, -0.15) is 0 Å².